The Bertz CT molecular complexity index is 765. The third kappa shape index (κ3) is 8.26. The fourth-order valence-corrected chi connectivity index (χ4v) is 2.33. The molecule has 30 heavy (non-hydrogen) atoms. The summed E-state index contributed by atoms with van der Waals surface area (Å²) in [4.78, 5) is 65.2. The predicted octanol–water partition coefficient (Wildman–Crippen LogP) is -2.28. The van der Waals surface area contributed by atoms with Crippen LogP contribution in [-0.2, 0) is 30.4 Å². The number of imidazole rings is 1. The van der Waals surface area contributed by atoms with Crippen LogP contribution in [0.5, 0.6) is 0 Å². The number of carbonyl (C=O) groups is 5. The average Bonchev–Trinajstić information content (AvgIpc) is 3.16. The van der Waals surface area contributed by atoms with Crippen LogP contribution in [-0.4, -0.2) is 74.0 Å². The van der Waals surface area contributed by atoms with E-state index in [4.69, 9.17) is 15.9 Å². The van der Waals surface area contributed by atoms with E-state index in [1.54, 1.807) is 0 Å². The number of hydrogen-bond acceptors (Lipinski definition) is 7. The zero-order valence-corrected chi connectivity index (χ0v) is 16.5. The first-order valence-electron chi connectivity index (χ1n) is 9.09. The van der Waals surface area contributed by atoms with Gasteiger partial charge in [0.1, 0.15) is 18.1 Å². The van der Waals surface area contributed by atoms with E-state index in [0.29, 0.717) is 5.69 Å². The highest BCUT2D eigenvalue weighted by Gasteiger charge is 2.28. The predicted molar refractivity (Wildman–Crippen MR) is 102 cm³/mol. The standard InChI is InChI=1S/C17H26N6O7/c1-8(18)14(26)23-12(5-10-6-19-7-20-10)16(28)21-9(2)15(27)22-11(17(29)30)3-4-13(24)25/h6-9,11-12H,3-5,18H2,1-2H3,(H,19,20)(H,21,28)(H,22,27)(H,23,26)(H,24,25)(H,29,30). The second kappa shape index (κ2) is 11.5. The highest BCUT2D eigenvalue weighted by molar-refractivity contribution is 5.94. The summed E-state index contributed by atoms with van der Waals surface area (Å²) in [5, 5.41) is 24.8. The van der Waals surface area contributed by atoms with E-state index in [1.165, 1.54) is 26.4 Å². The first-order chi connectivity index (χ1) is 14.0. The molecule has 0 radical (unpaired) electrons. The summed E-state index contributed by atoms with van der Waals surface area (Å²) in [5.41, 5.74) is 6.07. The van der Waals surface area contributed by atoms with Gasteiger partial charge in [0.05, 0.1) is 12.4 Å². The zero-order valence-electron chi connectivity index (χ0n) is 16.5. The maximum atomic E-state index is 12.6. The monoisotopic (exact) mass is 426 g/mol. The van der Waals surface area contributed by atoms with E-state index >= 15 is 0 Å². The quantitative estimate of drug-likeness (QED) is 0.191. The van der Waals surface area contributed by atoms with Crippen LogP contribution in [0.15, 0.2) is 12.5 Å². The minimum absolute atomic E-state index is 0.0506. The first-order valence-corrected chi connectivity index (χ1v) is 9.09. The molecule has 0 saturated heterocycles. The van der Waals surface area contributed by atoms with Crippen LogP contribution in [0.3, 0.4) is 0 Å². The smallest absolute Gasteiger partial charge is 0.326 e. The van der Waals surface area contributed by atoms with Gasteiger partial charge in [0, 0.05) is 24.7 Å². The zero-order chi connectivity index (χ0) is 22.8. The van der Waals surface area contributed by atoms with Gasteiger partial charge < -0.3 is 36.9 Å². The first kappa shape index (κ1) is 24.6. The number of carbonyl (C=O) groups excluding carboxylic acids is 3. The fraction of sp³-hybridized carbons (Fsp3) is 0.529. The van der Waals surface area contributed by atoms with Crippen molar-refractivity contribution in [2.45, 2.75) is 57.3 Å². The molecule has 166 valence electrons. The van der Waals surface area contributed by atoms with Crippen molar-refractivity contribution in [3.05, 3.63) is 18.2 Å². The Kier molecular flexibility index (Phi) is 9.42. The molecule has 3 amide bonds. The molecule has 0 aromatic carbocycles. The minimum atomic E-state index is -1.42. The Morgan fingerprint density at radius 1 is 1.03 bits per heavy atom. The lowest BCUT2D eigenvalue weighted by molar-refractivity contribution is -0.143. The molecule has 0 aliphatic heterocycles. The number of carboxylic acids is 2. The van der Waals surface area contributed by atoms with Gasteiger partial charge in [-0.05, 0) is 20.3 Å². The van der Waals surface area contributed by atoms with E-state index in [1.807, 2.05) is 0 Å². The van der Waals surface area contributed by atoms with Crippen LogP contribution in [0.2, 0.25) is 0 Å². The van der Waals surface area contributed by atoms with Gasteiger partial charge >= 0.3 is 11.9 Å². The van der Waals surface area contributed by atoms with Crippen molar-refractivity contribution < 1.29 is 34.2 Å². The average molecular weight is 426 g/mol. The second-order valence-electron chi connectivity index (χ2n) is 6.69. The fourth-order valence-electron chi connectivity index (χ4n) is 2.33. The lowest BCUT2D eigenvalue weighted by Gasteiger charge is -2.22. The summed E-state index contributed by atoms with van der Waals surface area (Å²) in [6.45, 7) is 2.77. The number of aromatic nitrogens is 2. The maximum Gasteiger partial charge on any atom is 0.326 e. The number of nitrogens with zero attached hydrogens (tertiary/aromatic N) is 1. The van der Waals surface area contributed by atoms with Gasteiger partial charge in [-0.1, -0.05) is 0 Å². The van der Waals surface area contributed by atoms with Crippen molar-refractivity contribution >= 4 is 29.7 Å². The van der Waals surface area contributed by atoms with Crippen molar-refractivity contribution in [2.24, 2.45) is 5.73 Å². The third-order valence-corrected chi connectivity index (χ3v) is 4.04. The van der Waals surface area contributed by atoms with Crippen molar-refractivity contribution in [2.75, 3.05) is 0 Å². The van der Waals surface area contributed by atoms with E-state index in [9.17, 15) is 24.0 Å². The van der Waals surface area contributed by atoms with Crippen molar-refractivity contribution in [1.29, 1.82) is 0 Å². The number of aliphatic carboxylic acids is 2. The van der Waals surface area contributed by atoms with E-state index in [0.717, 1.165) is 0 Å². The van der Waals surface area contributed by atoms with Crippen LogP contribution < -0.4 is 21.7 Å². The molecule has 4 unspecified atom stereocenters. The van der Waals surface area contributed by atoms with Gasteiger partial charge in [0.15, 0.2) is 0 Å². The number of carboxylic acid groups (broad SMARTS) is 2. The SMILES string of the molecule is CC(N)C(=O)NC(Cc1cnc[nH]1)C(=O)NC(C)C(=O)NC(CCC(=O)O)C(=O)O. The number of rotatable bonds is 12. The topological polar surface area (TPSA) is 217 Å². The summed E-state index contributed by atoms with van der Waals surface area (Å²) in [6, 6.07) is -4.51. The maximum absolute atomic E-state index is 12.6. The summed E-state index contributed by atoms with van der Waals surface area (Å²) in [5.74, 6) is -4.70. The highest BCUT2D eigenvalue weighted by atomic mass is 16.4. The second-order valence-corrected chi connectivity index (χ2v) is 6.69. The van der Waals surface area contributed by atoms with Crippen LogP contribution in [0.25, 0.3) is 0 Å². The molecule has 8 N–H and O–H groups in total. The Hall–Kier alpha value is -3.48. The molecule has 1 rings (SSSR count). The number of hydrogen-bond donors (Lipinski definition) is 7. The Morgan fingerprint density at radius 3 is 2.17 bits per heavy atom. The van der Waals surface area contributed by atoms with Crippen LogP contribution in [0.1, 0.15) is 32.4 Å². The summed E-state index contributed by atoms with van der Waals surface area (Å²) in [7, 11) is 0. The summed E-state index contributed by atoms with van der Waals surface area (Å²) in [6.07, 6.45) is 2.15. The number of H-pyrrole nitrogens is 1. The van der Waals surface area contributed by atoms with Crippen LogP contribution >= 0.6 is 0 Å². The highest BCUT2D eigenvalue weighted by Crippen LogP contribution is 2.02. The number of nitrogens with one attached hydrogen (secondary N) is 4. The van der Waals surface area contributed by atoms with Crippen LogP contribution in [0, 0.1) is 0 Å². The number of aromatic amines is 1. The molecule has 13 heteroatoms. The Labute approximate surface area is 171 Å². The third-order valence-electron chi connectivity index (χ3n) is 4.04. The molecule has 1 aromatic rings. The van der Waals surface area contributed by atoms with Crippen molar-refractivity contribution in [1.82, 2.24) is 25.9 Å². The van der Waals surface area contributed by atoms with Gasteiger partial charge in [-0.3, -0.25) is 19.2 Å². The Morgan fingerprint density at radius 2 is 1.67 bits per heavy atom. The molecule has 1 aromatic heterocycles. The molecular formula is C17H26N6O7. The normalized spacial score (nSPS) is 14.6. The molecule has 0 aliphatic carbocycles. The molecule has 0 spiro atoms. The van der Waals surface area contributed by atoms with E-state index in [-0.39, 0.29) is 12.8 Å². The Balaban J connectivity index is 2.77. The summed E-state index contributed by atoms with van der Waals surface area (Å²) < 4.78 is 0. The van der Waals surface area contributed by atoms with Crippen molar-refractivity contribution in [3.63, 3.8) is 0 Å². The molecule has 0 aliphatic rings. The minimum Gasteiger partial charge on any atom is -0.481 e. The van der Waals surface area contributed by atoms with E-state index < -0.39 is 60.2 Å². The molecule has 1 heterocycles. The molecular weight excluding hydrogens is 400 g/mol. The number of nitrogens with two attached hydrogens (primary N) is 1. The summed E-state index contributed by atoms with van der Waals surface area (Å²) >= 11 is 0. The molecule has 4 atom stereocenters. The lowest BCUT2D eigenvalue weighted by atomic mass is 10.1. The van der Waals surface area contributed by atoms with Crippen molar-refractivity contribution in [3.8, 4) is 0 Å². The van der Waals surface area contributed by atoms with Gasteiger partial charge in [-0.15, -0.1) is 0 Å². The van der Waals surface area contributed by atoms with E-state index in [2.05, 4.69) is 25.9 Å². The van der Waals surface area contributed by atoms with Gasteiger partial charge in [0.25, 0.3) is 0 Å². The van der Waals surface area contributed by atoms with Gasteiger partial charge in [0.2, 0.25) is 17.7 Å². The lowest BCUT2D eigenvalue weighted by Crippen LogP contribution is -2.56. The molecule has 0 bridgehead atoms. The molecule has 0 fully saturated rings. The number of amides is 3. The van der Waals surface area contributed by atoms with Crippen LogP contribution in [0.4, 0.5) is 0 Å². The van der Waals surface area contributed by atoms with Gasteiger partial charge in [-0.25, -0.2) is 9.78 Å². The molecule has 0 saturated carbocycles. The molecule has 13 nitrogen and oxygen atoms in total. The van der Waals surface area contributed by atoms with Gasteiger partial charge in [-0.2, -0.15) is 0 Å². The largest absolute Gasteiger partial charge is 0.481 e.